The largest absolute Gasteiger partial charge is 0.508 e. The van der Waals surface area contributed by atoms with Gasteiger partial charge in [0.2, 0.25) is 0 Å². The maximum Gasteiger partial charge on any atom is 0.172 e. The van der Waals surface area contributed by atoms with E-state index in [1.54, 1.807) is 0 Å². The van der Waals surface area contributed by atoms with Gasteiger partial charge in [0.25, 0.3) is 0 Å². The quantitative estimate of drug-likeness (QED) is 0.537. The van der Waals surface area contributed by atoms with Crippen LogP contribution in [0.2, 0.25) is 0 Å². The Bertz CT molecular complexity index is 861. The molecule has 2 aromatic rings. The highest BCUT2D eigenvalue weighted by atomic mass is 35.5. The smallest absolute Gasteiger partial charge is 0.172 e. The van der Waals surface area contributed by atoms with Crippen molar-refractivity contribution in [2.24, 2.45) is 0 Å². The first kappa shape index (κ1) is 20.4. The van der Waals surface area contributed by atoms with E-state index in [1.807, 2.05) is 0 Å². The highest BCUT2D eigenvalue weighted by Gasteiger charge is 2.23. The minimum absolute atomic E-state index is 0.0518. The van der Waals surface area contributed by atoms with Crippen LogP contribution in [0.1, 0.15) is 33.6 Å². The molecule has 3 rings (SSSR count). The maximum absolute atomic E-state index is 13.1. The van der Waals surface area contributed by atoms with Crippen LogP contribution in [-0.4, -0.2) is 39.4 Å². The second-order valence-corrected chi connectivity index (χ2v) is 5.88. The Balaban J connectivity index is 0.000000194. The fraction of sp³-hybridized carbons (Fsp3) is 0.222. The van der Waals surface area contributed by atoms with Gasteiger partial charge in [-0.05, 0) is 0 Å². The number of ether oxygens (including phenoxy) is 1. The summed E-state index contributed by atoms with van der Waals surface area (Å²) in [5.41, 5.74) is -0.479. The van der Waals surface area contributed by atoms with Gasteiger partial charge >= 0.3 is 0 Å². The lowest BCUT2D eigenvalue weighted by Gasteiger charge is -2.16. The third-order valence-corrected chi connectivity index (χ3v) is 3.75. The first-order valence-corrected chi connectivity index (χ1v) is 8.27. The molecule has 27 heavy (non-hydrogen) atoms. The standard InChI is InChI=1S/C9H8ClFO3.C9H7FO3/c10-2-1-7(13)9-6(11)3-5(12)4-8(9)14;10-6-3-5(11)4-8-9(6)7(12)1-2-13-8/h3-4,12,14H,1-2H2;3-4,11H,1-2H2. The second-order valence-electron chi connectivity index (χ2n) is 5.51. The van der Waals surface area contributed by atoms with Crippen molar-refractivity contribution in [3.05, 3.63) is 47.0 Å². The number of aromatic hydroxyl groups is 3. The number of alkyl halides is 1. The number of Topliss-reactive ketones (excluding diaryl/α,β-unsaturated/α-hetero) is 2. The average Bonchev–Trinajstić information content (AvgIpc) is 2.54. The van der Waals surface area contributed by atoms with Gasteiger partial charge in [0.05, 0.1) is 17.7 Å². The highest BCUT2D eigenvalue weighted by molar-refractivity contribution is 6.19. The number of hydrogen-bond acceptors (Lipinski definition) is 6. The van der Waals surface area contributed by atoms with Crippen LogP contribution in [0.25, 0.3) is 0 Å². The van der Waals surface area contributed by atoms with Gasteiger partial charge in [-0.3, -0.25) is 9.59 Å². The molecule has 1 heterocycles. The molecule has 0 fully saturated rings. The third kappa shape index (κ3) is 4.85. The molecular weight excluding hydrogens is 386 g/mol. The van der Waals surface area contributed by atoms with Crippen molar-refractivity contribution >= 4 is 23.2 Å². The zero-order valence-electron chi connectivity index (χ0n) is 13.8. The van der Waals surface area contributed by atoms with Crippen LogP contribution >= 0.6 is 11.6 Å². The zero-order chi connectivity index (χ0) is 20.1. The summed E-state index contributed by atoms with van der Waals surface area (Å²) in [6, 6.07) is 3.83. The Morgan fingerprint density at radius 3 is 2.33 bits per heavy atom. The molecule has 0 spiro atoms. The number of phenolic OH excluding ortho intramolecular Hbond substituents is 3. The summed E-state index contributed by atoms with van der Waals surface area (Å²) in [7, 11) is 0. The van der Waals surface area contributed by atoms with Gasteiger partial charge in [-0.2, -0.15) is 0 Å². The van der Waals surface area contributed by atoms with Crippen LogP contribution in [0.4, 0.5) is 8.78 Å². The Labute approximate surface area is 157 Å². The molecule has 0 aromatic heterocycles. The predicted octanol–water partition coefficient (Wildman–Crippen LogP) is 3.55. The van der Waals surface area contributed by atoms with Crippen LogP contribution in [0.15, 0.2) is 24.3 Å². The molecule has 9 heteroatoms. The SMILES string of the molecule is O=C(CCCl)c1c(O)cc(O)cc1F.O=C1CCOc2cc(O)cc(F)c21. The number of hydrogen-bond donors (Lipinski definition) is 3. The van der Waals surface area contributed by atoms with E-state index in [-0.39, 0.29) is 48.2 Å². The molecule has 0 unspecified atom stereocenters. The first-order valence-electron chi connectivity index (χ1n) is 7.73. The minimum atomic E-state index is -0.947. The maximum atomic E-state index is 13.1. The number of benzene rings is 2. The molecule has 0 aliphatic carbocycles. The first-order chi connectivity index (χ1) is 12.7. The van der Waals surface area contributed by atoms with E-state index in [9.17, 15) is 23.5 Å². The van der Waals surface area contributed by atoms with Gasteiger partial charge in [0.15, 0.2) is 11.6 Å². The Hall–Kier alpha value is -2.87. The van der Waals surface area contributed by atoms with Gasteiger partial charge in [-0.1, -0.05) is 0 Å². The average molecular weight is 401 g/mol. The van der Waals surface area contributed by atoms with Crippen molar-refractivity contribution in [2.45, 2.75) is 12.8 Å². The second kappa shape index (κ2) is 8.68. The van der Waals surface area contributed by atoms with Crippen molar-refractivity contribution in [3.63, 3.8) is 0 Å². The van der Waals surface area contributed by atoms with Crippen LogP contribution in [0.5, 0.6) is 23.0 Å². The molecule has 1 aliphatic heterocycles. The molecule has 2 aromatic carbocycles. The Morgan fingerprint density at radius 1 is 1.07 bits per heavy atom. The molecule has 144 valence electrons. The topological polar surface area (TPSA) is 104 Å². The lowest BCUT2D eigenvalue weighted by Crippen LogP contribution is -2.16. The summed E-state index contributed by atoms with van der Waals surface area (Å²) in [4.78, 5) is 22.4. The highest BCUT2D eigenvalue weighted by Crippen LogP contribution is 2.31. The zero-order valence-corrected chi connectivity index (χ0v) is 14.6. The summed E-state index contributed by atoms with van der Waals surface area (Å²) in [6.07, 6.45) is 0.130. The lowest BCUT2D eigenvalue weighted by atomic mass is 10.0. The summed E-state index contributed by atoms with van der Waals surface area (Å²) >= 11 is 5.31. The van der Waals surface area contributed by atoms with Gasteiger partial charge in [-0.25, -0.2) is 8.78 Å². The van der Waals surface area contributed by atoms with Gasteiger partial charge in [0, 0.05) is 43.0 Å². The summed E-state index contributed by atoms with van der Waals surface area (Å²) in [5.74, 6) is -3.58. The number of fused-ring (bicyclic) bond motifs is 1. The fourth-order valence-electron chi connectivity index (χ4n) is 2.40. The number of halogens is 3. The molecule has 0 radical (unpaired) electrons. The molecule has 0 bridgehead atoms. The van der Waals surface area contributed by atoms with Gasteiger partial charge in [-0.15, -0.1) is 11.6 Å². The minimum Gasteiger partial charge on any atom is -0.508 e. The van der Waals surface area contributed by atoms with Crippen LogP contribution in [0.3, 0.4) is 0 Å². The molecule has 0 saturated carbocycles. The van der Waals surface area contributed by atoms with Gasteiger partial charge < -0.3 is 20.1 Å². The number of ketones is 2. The normalized spacial score (nSPS) is 12.5. The molecule has 6 nitrogen and oxygen atoms in total. The van der Waals surface area contributed by atoms with E-state index in [0.717, 1.165) is 18.2 Å². The van der Waals surface area contributed by atoms with Crippen molar-refractivity contribution in [1.82, 2.24) is 0 Å². The van der Waals surface area contributed by atoms with Crippen molar-refractivity contribution in [3.8, 4) is 23.0 Å². The molecule has 0 atom stereocenters. The number of carbonyl (C=O) groups is 2. The predicted molar refractivity (Wildman–Crippen MR) is 91.9 cm³/mol. The molecule has 0 saturated heterocycles. The van der Waals surface area contributed by atoms with E-state index in [2.05, 4.69) is 0 Å². The summed E-state index contributed by atoms with van der Waals surface area (Å²) in [5, 5.41) is 27.1. The van der Waals surface area contributed by atoms with Crippen LogP contribution < -0.4 is 4.74 Å². The molecular formula is C18H15ClF2O6. The summed E-state index contributed by atoms with van der Waals surface area (Å²) < 4.78 is 31.3. The lowest BCUT2D eigenvalue weighted by molar-refractivity contribution is 0.0926. The van der Waals surface area contributed by atoms with E-state index >= 15 is 0 Å². The molecule has 3 N–H and O–H groups in total. The monoisotopic (exact) mass is 400 g/mol. The van der Waals surface area contributed by atoms with Crippen molar-refractivity contribution < 1.29 is 38.4 Å². The molecule has 0 amide bonds. The van der Waals surface area contributed by atoms with Crippen molar-refractivity contribution in [2.75, 3.05) is 12.5 Å². The van der Waals surface area contributed by atoms with Gasteiger partial charge in [0.1, 0.15) is 34.6 Å². The van der Waals surface area contributed by atoms with Crippen molar-refractivity contribution in [1.29, 1.82) is 0 Å². The van der Waals surface area contributed by atoms with E-state index < -0.39 is 34.5 Å². The third-order valence-electron chi connectivity index (χ3n) is 3.56. The van der Waals surface area contributed by atoms with E-state index in [0.29, 0.717) is 0 Å². The number of carbonyl (C=O) groups excluding carboxylic acids is 2. The Kier molecular flexibility index (Phi) is 6.57. The van der Waals surface area contributed by atoms with Crippen LogP contribution in [0, 0.1) is 11.6 Å². The van der Waals surface area contributed by atoms with E-state index in [1.165, 1.54) is 6.07 Å². The number of rotatable bonds is 3. The van der Waals surface area contributed by atoms with E-state index in [4.69, 9.17) is 26.6 Å². The summed E-state index contributed by atoms with van der Waals surface area (Å²) in [6.45, 7) is 0.245. The Morgan fingerprint density at radius 2 is 1.70 bits per heavy atom. The fourth-order valence-corrected chi connectivity index (χ4v) is 2.57. The molecule has 1 aliphatic rings. The van der Waals surface area contributed by atoms with Crippen LogP contribution in [-0.2, 0) is 0 Å². The number of phenols is 3.